The lowest BCUT2D eigenvalue weighted by Gasteiger charge is -2.37. The molecule has 3 atom stereocenters. The zero-order chi connectivity index (χ0) is 15.9. The fraction of sp³-hybridized carbons (Fsp3) is 0.650. The van der Waals surface area contributed by atoms with Crippen molar-refractivity contribution >= 4 is 5.97 Å². The van der Waals surface area contributed by atoms with Crippen LogP contribution in [0.25, 0.3) is 0 Å². The standard InChI is InChI=1S/C20H27NO2/c22-19(23)20-10-4-7-17(20)13-18(14-20)21-11-8-16(9-12-21)15-5-2-1-3-6-15/h1-3,5-6,16-18H,4,7-14H2,(H,22,23). The average Bonchev–Trinajstić information content (AvgIpc) is 3.14. The number of fused-ring (bicyclic) bond motifs is 1. The molecule has 1 aromatic rings. The molecule has 2 saturated carbocycles. The molecule has 1 heterocycles. The number of likely N-dealkylation sites (tertiary alicyclic amines) is 1. The van der Waals surface area contributed by atoms with Gasteiger partial charge in [-0.25, -0.2) is 0 Å². The highest BCUT2D eigenvalue weighted by atomic mass is 16.4. The Hall–Kier alpha value is -1.35. The van der Waals surface area contributed by atoms with E-state index in [1.807, 2.05) is 0 Å². The maximum absolute atomic E-state index is 11.9. The minimum Gasteiger partial charge on any atom is -0.481 e. The lowest BCUT2D eigenvalue weighted by Crippen LogP contribution is -2.41. The second-order valence-electron chi connectivity index (χ2n) is 7.87. The van der Waals surface area contributed by atoms with Crippen molar-refractivity contribution in [1.82, 2.24) is 4.90 Å². The van der Waals surface area contributed by atoms with Crippen molar-refractivity contribution < 1.29 is 9.90 Å². The lowest BCUT2D eigenvalue weighted by atomic mass is 9.80. The first kappa shape index (κ1) is 15.2. The largest absolute Gasteiger partial charge is 0.481 e. The minimum absolute atomic E-state index is 0.388. The van der Waals surface area contributed by atoms with Gasteiger partial charge in [-0.2, -0.15) is 0 Å². The molecular weight excluding hydrogens is 286 g/mol. The molecule has 3 heteroatoms. The van der Waals surface area contributed by atoms with Crippen molar-refractivity contribution in [3.05, 3.63) is 35.9 Å². The molecule has 3 fully saturated rings. The van der Waals surface area contributed by atoms with E-state index in [4.69, 9.17) is 0 Å². The van der Waals surface area contributed by atoms with Crippen LogP contribution in [-0.2, 0) is 4.79 Å². The van der Waals surface area contributed by atoms with Crippen LogP contribution < -0.4 is 0 Å². The van der Waals surface area contributed by atoms with Crippen LogP contribution in [0.2, 0.25) is 0 Å². The Bertz CT molecular complexity index is 564. The molecule has 3 aliphatic rings. The van der Waals surface area contributed by atoms with Crippen LogP contribution in [0, 0.1) is 11.3 Å². The van der Waals surface area contributed by atoms with Crippen molar-refractivity contribution in [2.75, 3.05) is 13.1 Å². The molecule has 1 N–H and O–H groups in total. The zero-order valence-electron chi connectivity index (χ0n) is 13.8. The first-order valence-electron chi connectivity index (χ1n) is 9.21. The molecule has 2 aliphatic carbocycles. The van der Waals surface area contributed by atoms with Gasteiger partial charge in [0.1, 0.15) is 0 Å². The minimum atomic E-state index is -0.526. The average molecular weight is 313 g/mol. The highest BCUT2D eigenvalue weighted by Crippen LogP contribution is 2.55. The normalized spacial score (nSPS) is 35.3. The summed E-state index contributed by atoms with van der Waals surface area (Å²) in [5.74, 6) is 0.584. The molecule has 0 radical (unpaired) electrons. The van der Waals surface area contributed by atoms with Crippen molar-refractivity contribution in [2.24, 2.45) is 11.3 Å². The number of piperidine rings is 1. The maximum atomic E-state index is 11.9. The van der Waals surface area contributed by atoms with E-state index in [0.717, 1.165) is 45.2 Å². The summed E-state index contributed by atoms with van der Waals surface area (Å²) in [5.41, 5.74) is 1.08. The summed E-state index contributed by atoms with van der Waals surface area (Å²) in [4.78, 5) is 14.5. The molecule has 0 spiro atoms. The molecule has 1 saturated heterocycles. The number of nitrogens with zero attached hydrogens (tertiary/aromatic N) is 1. The highest BCUT2D eigenvalue weighted by molar-refractivity contribution is 5.76. The van der Waals surface area contributed by atoms with Crippen LogP contribution in [0.1, 0.15) is 56.4 Å². The Morgan fingerprint density at radius 3 is 2.52 bits per heavy atom. The van der Waals surface area contributed by atoms with Gasteiger partial charge in [-0.3, -0.25) is 4.79 Å². The Balaban J connectivity index is 1.39. The number of rotatable bonds is 3. The predicted octanol–water partition coefficient (Wildman–Crippen LogP) is 3.90. The quantitative estimate of drug-likeness (QED) is 0.920. The molecule has 4 rings (SSSR count). The van der Waals surface area contributed by atoms with Crippen LogP contribution >= 0.6 is 0 Å². The van der Waals surface area contributed by atoms with E-state index < -0.39 is 5.97 Å². The van der Waals surface area contributed by atoms with Crippen molar-refractivity contribution in [3.63, 3.8) is 0 Å². The number of hydrogen-bond donors (Lipinski definition) is 1. The van der Waals surface area contributed by atoms with E-state index in [-0.39, 0.29) is 5.41 Å². The molecule has 1 aliphatic heterocycles. The van der Waals surface area contributed by atoms with Crippen LogP contribution in [0.15, 0.2) is 30.3 Å². The van der Waals surface area contributed by atoms with Gasteiger partial charge in [0.05, 0.1) is 5.41 Å². The van der Waals surface area contributed by atoms with Gasteiger partial charge in [-0.1, -0.05) is 36.8 Å². The van der Waals surface area contributed by atoms with Crippen LogP contribution in [0.3, 0.4) is 0 Å². The summed E-state index contributed by atoms with van der Waals surface area (Å²) < 4.78 is 0. The number of hydrogen-bond acceptors (Lipinski definition) is 2. The third-order valence-corrected chi connectivity index (χ3v) is 6.86. The van der Waals surface area contributed by atoms with E-state index in [9.17, 15) is 9.90 Å². The van der Waals surface area contributed by atoms with Gasteiger partial charge >= 0.3 is 5.97 Å². The van der Waals surface area contributed by atoms with Gasteiger partial charge in [0, 0.05) is 6.04 Å². The van der Waals surface area contributed by atoms with E-state index in [1.54, 1.807) is 0 Å². The van der Waals surface area contributed by atoms with Crippen molar-refractivity contribution in [3.8, 4) is 0 Å². The summed E-state index contributed by atoms with van der Waals surface area (Å²) >= 11 is 0. The first-order chi connectivity index (χ1) is 11.2. The van der Waals surface area contributed by atoms with Crippen LogP contribution in [-0.4, -0.2) is 35.1 Å². The molecule has 3 unspecified atom stereocenters. The molecular formula is C20H27NO2. The molecule has 0 aromatic heterocycles. The Morgan fingerprint density at radius 2 is 1.87 bits per heavy atom. The van der Waals surface area contributed by atoms with Gasteiger partial charge in [0.2, 0.25) is 0 Å². The van der Waals surface area contributed by atoms with Crippen LogP contribution in [0.4, 0.5) is 0 Å². The van der Waals surface area contributed by atoms with Gasteiger partial charge in [-0.05, 0) is 69.0 Å². The second-order valence-corrected chi connectivity index (χ2v) is 7.87. The zero-order valence-corrected chi connectivity index (χ0v) is 13.8. The highest BCUT2D eigenvalue weighted by Gasteiger charge is 2.56. The smallest absolute Gasteiger partial charge is 0.309 e. The molecule has 3 nitrogen and oxygen atoms in total. The van der Waals surface area contributed by atoms with Crippen molar-refractivity contribution in [1.29, 1.82) is 0 Å². The fourth-order valence-corrected chi connectivity index (χ4v) is 5.56. The second kappa shape index (κ2) is 5.94. The molecule has 0 bridgehead atoms. The van der Waals surface area contributed by atoms with Gasteiger partial charge in [0.15, 0.2) is 0 Å². The monoisotopic (exact) mass is 313 g/mol. The van der Waals surface area contributed by atoms with Gasteiger partial charge < -0.3 is 10.0 Å². The number of carboxylic acids is 1. The molecule has 23 heavy (non-hydrogen) atoms. The summed E-state index contributed by atoms with van der Waals surface area (Å²) in [6, 6.07) is 11.4. The Labute approximate surface area is 138 Å². The maximum Gasteiger partial charge on any atom is 0.309 e. The first-order valence-corrected chi connectivity index (χ1v) is 9.21. The SMILES string of the molecule is O=C(O)C12CCCC1CC(N1CCC(c3ccccc3)CC1)C2. The number of carbonyl (C=O) groups is 1. The fourth-order valence-electron chi connectivity index (χ4n) is 5.56. The number of aliphatic carboxylic acids is 1. The van der Waals surface area contributed by atoms with Crippen LogP contribution in [0.5, 0.6) is 0 Å². The van der Waals surface area contributed by atoms with Gasteiger partial charge in [0.25, 0.3) is 0 Å². The van der Waals surface area contributed by atoms with Gasteiger partial charge in [-0.15, -0.1) is 0 Å². The molecule has 0 amide bonds. The summed E-state index contributed by atoms with van der Waals surface area (Å²) in [7, 11) is 0. The Kier molecular flexibility index (Phi) is 3.92. The Morgan fingerprint density at radius 1 is 1.13 bits per heavy atom. The third-order valence-electron chi connectivity index (χ3n) is 6.86. The number of benzene rings is 1. The summed E-state index contributed by atoms with van der Waals surface area (Å²) in [6.45, 7) is 2.26. The third kappa shape index (κ3) is 2.59. The van der Waals surface area contributed by atoms with E-state index in [1.165, 1.54) is 18.4 Å². The predicted molar refractivity (Wildman–Crippen MR) is 90.4 cm³/mol. The molecule has 124 valence electrons. The van der Waals surface area contributed by atoms with E-state index in [0.29, 0.717) is 17.9 Å². The van der Waals surface area contributed by atoms with Crippen molar-refractivity contribution in [2.45, 2.75) is 56.9 Å². The molecule has 1 aromatic carbocycles. The van der Waals surface area contributed by atoms with E-state index in [2.05, 4.69) is 35.2 Å². The number of carboxylic acid groups (broad SMARTS) is 1. The lowest BCUT2D eigenvalue weighted by molar-refractivity contribution is -0.150. The summed E-state index contributed by atoms with van der Waals surface area (Å²) in [6.07, 6.45) is 7.58. The topological polar surface area (TPSA) is 40.5 Å². The summed E-state index contributed by atoms with van der Waals surface area (Å²) in [5, 5.41) is 9.76. The van der Waals surface area contributed by atoms with E-state index >= 15 is 0 Å².